The molecule has 2 N–H and O–H groups in total. The number of nitrogens with zero attached hydrogens (tertiary/aromatic N) is 1. The van der Waals surface area contributed by atoms with Crippen LogP contribution in [0, 0.1) is 6.92 Å². The normalized spacial score (nSPS) is 14.3. The standard InChI is InChI=1S/C21H21F3N2O5/c1-13-2-4-15(18(27)10-13)20(29)31-12-19(28)25-16-11-14(21(22,23)24)3-5-17(16)26-6-8-30-9-7-26/h2-5,10-11,27H,6-9,12H2,1H3,(H,25,28). The third kappa shape index (κ3) is 5.66. The van der Waals surface area contributed by atoms with E-state index in [1.165, 1.54) is 18.2 Å². The zero-order valence-corrected chi connectivity index (χ0v) is 16.7. The highest BCUT2D eigenvalue weighted by Crippen LogP contribution is 2.35. The van der Waals surface area contributed by atoms with Crippen LogP contribution in [0.25, 0.3) is 0 Å². The van der Waals surface area contributed by atoms with Gasteiger partial charge in [0.2, 0.25) is 0 Å². The van der Waals surface area contributed by atoms with Crippen LogP contribution in [0.1, 0.15) is 21.5 Å². The molecule has 0 spiro atoms. The van der Waals surface area contributed by atoms with Gasteiger partial charge in [-0.05, 0) is 42.8 Å². The molecule has 0 aliphatic carbocycles. The summed E-state index contributed by atoms with van der Waals surface area (Å²) in [6.07, 6.45) is -4.58. The maximum Gasteiger partial charge on any atom is 0.416 e. The van der Waals surface area contributed by atoms with E-state index < -0.39 is 30.2 Å². The van der Waals surface area contributed by atoms with Crippen molar-refractivity contribution in [3.8, 4) is 5.75 Å². The van der Waals surface area contributed by atoms with Gasteiger partial charge in [-0.1, -0.05) is 6.07 Å². The number of alkyl halides is 3. The van der Waals surface area contributed by atoms with Gasteiger partial charge in [0.25, 0.3) is 5.91 Å². The zero-order chi connectivity index (χ0) is 22.6. The van der Waals surface area contributed by atoms with E-state index in [4.69, 9.17) is 9.47 Å². The SMILES string of the molecule is Cc1ccc(C(=O)OCC(=O)Nc2cc(C(F)(F)F)ccc2N2CCOCC2)c(O)c1. The number of aromatic hydroxyl groups is 1. The van der Waals surface area contributed by atoms with Gasteiger partial charge < -0.3 is 24.8 Å². The van der Waals surface area contributed by atoms with E-state index in [0.717, 1.165) is 17.7 Å². The molecular formula is C21H21F3N2O5. The van der Waals surface area contributed by atoms with Crippen LogP contribution >= 0.6 is 0 Å². The number of ether oxygens (including phenoxy) is 2. The van der Waals surface area contributed by atoms with Crippen molar-refractivity contribution in [1.82, 2.24) is 0 Å². The molecule has 1 aliphatic heterocycles. The first-order valence-electron chi connectivity index (χ1n) is 9.45. The minimum Gasteiger partial charge on any atom is -0.507 e. The average molecular weight is 438 g/mol. The third-order valence-electron chi connectivity index (χ3n) is 4.66. The lowest BCUT2D eigenvalue weighted by atomic mass is 10.1. The maximum absolute atomic E-state index is 13.1. The van der Waals surface area contributed by atoms with E-state index in [1.54, 1.807) is 17.9 Å². The Morgan fingerprint density at radius 3 is 2.52 bits per heavy atom. The Balaban J connectivity index is 1.73. The number of rotatable bonds is 5. The Kier molecular flexibility index (Phi) is 6.69. The second-order valence-electron chi connectivity index (χ2n) is 6.97. The monoisotopic (exact) mass is 438 g/mol. The van der Waals surface area contributed by atoms with Gasteiger partial charge in [0.15, 0.2) is 6.61 Å². The lowest BCUT2D eigenvalue weighted by molar-refractivity contribution is -0.137. The fraction of sp³-hybridized carbons (Fsp3) is 0.333. The van der Waals surface area contributed by atoms with Crippen molar-refractivity contribution in [2.24, 2.45) is 0 Å². The first-order chi connectivity index (χ1) is 14.6. The molecule has 0 aromatic heterocycles. The van der Waals surface area contributed by atoms with Gasteiger partial charge >= 0.3 is 12.1 Å². The van der Waals surface area contributed by atoms with Crippen molar-refractivity contribution in [2.75, 3.05) is 43.1 Å². The zero-order valence-electron chi connectivity index (χ0n) is 16.7. The second-order valence-corrected chi connectivity index (χ2v) is 6.97. The van der Waals surface area contributed by atoms with Crippen LogP contribution < -0.4 is 10.2 Å². The number of phenols is 1. The number of halogens is 3. The summed E-state index contributed by atoms with van der Waals surface area (Å²) >= 11 is 0. The summed E-state index contributed by atoms with van der Waals surface area (Å²) in [5.74, 6) is -2.03. The fourth-order valence-corrected chi connectivity index (χ4v) is 3.10. The Morgan fingerprint density at radius 1 is 1.16 bits per heavy atom. The molecule has 2 aromatic rings. The number of aryl methyl sites for hydroxylation is 1. The van der Waals surface area contributed by atoms with Crippen LogP contribution in [0.3, 0.4) is 0 Å². The van der Waals surface area contributed by atoms with Gasteiger partial charge in [0, 0.05) is 13.1 Å². The number of amides is 1. The molecule has 1 aliphatic rings. The summed E-state index contributed by atoms with van der Waals surface area (Å²) in [5.41, 5.74) is 0.0583. The molecule has 0 saturated carbocycles. The van der Waals surface area contributed by atoms with Crippen LogP contribution in [0.15, 0.2) is 36.4 Å². The number of nitrogens with one attached hydrogen (secondary N) is 1. The largest absolute Gasteiger partial charge is 0.507 e. The first-order valence-corrected chi connectivity index (χ1v) is 9.45. The first kappa shape index (κ1) is 22.4. The molecule has 2 aromatic carbocycles. The van der Waals surface area contributed by atoms with Crippen molar-refractivity contribution in [3.05, 3.63) is 53.1 Å². The predicted octanol–water partition coefficient (Wildman–Crippen LogP) is 3.35. The summed E-state index contributed by atoms with van der Waals surface area (Å²) in [7, 11) is 0. The lowest BCUT2D eigenvalue weighted by Gasteiger charge is -2.31. The summed E-state index contributed by atoms with van der Waals surface area (Å²) in [4.78, 5) is 26.2. The molecule has 7 nitrogen and oxygen atoms in total. The van der Waals surface area contributed by atoms with Crippen molar-refractivity contribution in [1.29, 1.82) is 0 Å². The number of hydrogen-bond acceptors (Lipinski definition) is 6. The van der Waals surface area contributed by atoms with Gasteiger partial charge in [0.05, 0.1) is 30.2 Å². The maximum atomic E-state index is 13.1. The molecule has 1 fully saturated rings. The van der Waals surface area contributed by atoms with Crippen molar-refractivity contribution >= 4 is 23.3 Å². The minimum absolute atomic E-state index is 0.0454. The predicted molar refractivity (Wildman–Crippen MR) is 106 cm³/mol. The minimum atomic E-state index is -4.58. The molecule has 0 unspecified atom stereocenters. The van der Waals surface area contributed by atoms with Crippen molar-refractivity contribution in [2.45, 2.75) is 13.1 Å². The van der Waals surface area contributed by atoms with E-state index in [9.17, 15) is 27.9 Å². The van der Waals surface area contributed by atoms with E-state index in [2.05, 4.69) is 5.32 Å². The van der Waals surface area contributed by atoms with Gasteiger partial charge in [-0.15, -0.1) is 0 Å². The summed E-state index contributed by atoms with van der Waals surface area (Å²) < 4.78 is 49.6. The molecule has 0 radical (unpaired) electrons. The number of benzene rings is 2. The summed E-state index contributed by atoms with van der Waals surface area (Å²) in [5, 5.41) is 12.2. The second kappa shape index (κ2) is 9.25. The van der Waals surface area contributed by atoms with Crippen LogP contribution in [-0.4, -0.2) is 49.9 Å². The molecule has 1 saturated heterocycles. The highest BCUT2D eigenvalue weighted by Gasteiger charge is 2.32. The number of morpholine rings is 1. The van der Waals surface area contributed by atoms with Gasteiger partial charge in [-0.25, -0.2) is 4.79 Å². The van der Waals surface area contributed by atoms with E-state index in [-0.39, 0.29) is 17.0 Å². The molecule has 3 rings (SSSR count). The van der Waals surface area contributed by atoms with E-state index in [0.29, 0.717) is 32.0 Å². The molecule has 10 heteroatoms. The molecule has 1 heterocycles. The van der Waals surface area contributed by atoms with Crippen LogP contribution in [0.2, 0.25) is 0 Å². The average Bonchev–Trinajstić information content (AvgIpc) is 2.72. The molecule has 166 valence electrons. The van der Waals surface area contributed by atoms with Crippen molar-refractivity contribution in [3.63, 3.8) is 0 Å². The number of carbonyl (C=O) groups excluding carboxylic acids is 2. The van der Waals surface area contributed by atoms with Gasteiger partial charge in [-0.2, -0.15) is 13.2 Å². The third-order valence-corrected chi connectivity index (χ3v) is 4.66. The Hall–Kier alpha value is -3.27. The van der Waals surface area contributed by atoms with Gasteiger partial charge in [0.1, 0.15) is 11.3 Å². The molecule has 0 bridgehead atoms. The molecule has 31 heavy (non-hydrogen) atoms. The number of phenolic OH excluding ortho intramolecular Hbond substituents is 1. The molecular weight excluding hydrogens is 417 g/mol. The molecule has 0 atom stereocenters. The van der Waals surface area contributed by atoms with E-state index in [1.807, 2.05) is 0 Å². The van der Waals surface area contributed by atoms with E-state index >= 15 is 0 Å². The van der Waals surface area contributed by atoms with Crippen LogP contribution in [0.5, 0.6) is 5.75 Å². The lowest BCUT2D eigenvalue weighted by Crippen LogP contribution is -2.37. The number of anilines is 2. The topological polar surface area (TPSA) is 88.1 Å². The summed E-state index contributed by atoms with van der Waals surface area (Å²) in [6.45, 7) is 2.72. The van der Waals surface area contributed by atoms with Crippen LogP contribution in [-0.2, 0) is 20.4 Å². The Morgan fingerprint density at radius 2 is 1.87 bits per heavy atom. The quantitative estimate of drug-likeness (QED) is 0.697. The van der Waals surface area contributed by atoms with Crippen molar-refractivity contribution < 1.29 is 37.3 Å². The molecule has 1 amide bonds. The highest BCUT2D eigenvalue weighted by atomic mass is 19.4. The highest BCUT2D eigenvalue weighted by molar-refractivity contribution is 5.98. The summed E-state index contributed by atoms with van der Waals surface area (Å²) in [6, 6.07) is 7.40. The number of carbonyl (C=O) groups is 2. The number of esters is 1. The van der Waals surface area contributed by atoms with Crippen LogP contribution in [0.4, 0.5) is 24.5 Å². The van der Waals surface area contributed by atoms with Gasteiger partial charge in [-0.3, -0.25) is 4.79 Å². The Bertz CT molecular complexity index is 972. The smallest absolute Gasteiger partial charge is 0.416 e. The fourth-order valence-electron chi connectivity index (χ4n) is 3.10. The number of hydrogen-bond donors (Lipinski definition) is 2. The Labute approximate surface area is 176 Å².